The molecule has 6 rings (SSSR count). The fraction of sp³-hybridized carbons (Fsp3) is 0.333. The highest BCUT2D eigenvalue weighted by molar-refractivity contribution is 7.22. The fourth-order valence-corrected chi connectivity index (χ4v) is 6.44. The summed E-state index contributed by atoms with van der Waals surface area (Å²) in [6.45, 7) is 9.17. The number of benzene rings is 3. The van der Waals surface area contributed by atoms with Crippen LogP contribution in [0, 0.1) is 13.8 Å². The number of thiazole rings is 1. The van der Waals surface area contributed by atoms with Crippen LogP contribution < -0.4 is 9.64 Å². The number of fused-ring (bicyclic) bond motifs is 3. The maximum Gasteiger partial charge on any atom is 0.241 e. The minimum Gasteiger partial charge on any atom is -0.457 e. The van der Waals surface area contributed by atoms with E-state index in [-0.39, 0.29) is 5.91 Å². The number of amides is 1. The number of carbonyl (C=O) groups is 1. The number of carbonyl (C=O) groups excluding carboxylic acids is 1. The number of anilines is 1. The van der Waals surface area contributed by atoms with Crippen molar-refractivity contribution in [1.29, 1.82) is 0 Å². The molecular formula is C30H31N3O3S. The second-order valence-corrected chi connectivity index (χ2v) is 10.8. The molecule has 3 aromatic carbocycles. The second kappa shape index (κ2) is 10.2. The maximum absolute atomic E-state index is 14.5. The van der Waals surface area contributed by atoms with Crippen LogP contribution in [0.15, 0.2) is 60.7 Å². The van der Waals surface area contributed by atoms with Crippen molar-refractivity contribution in [2.45, 2.75) is 26.2 Å². The van der Waals surface area contributed by atoms with Crippen molar-refractivity contribution in [3.63, 3.8) is 0 Å². The van der Waals surface area contributed by atoms with Crippen LogP contribution in [0.2, 0.25) is 0 Å². The van der Waals surface area contributed by atoms with E-state index in [9.17, 15) is 4.79 Å². The normalized spacial score (nSPS) is 15.7. The second-order valence-electron chi connectivity index (χ2n) is 9.83. The van der Waals surface area contributed by atoms with Gasteiger partial charge in [-0.2, -0.15) is 0 Å². The standard InChI is InChI=1S/C30H31N3O3S/c1-20-18-21(2)28-24(19-20)31-30(37-28)33(13-7-12-32-14-16-35-17-15-32)29(34)27-22-8-3-5-10-25(22)36-26-11-6-4-9-23(26)27/h3-6,8-11,18-19,27H,7,12-17H2,1-2H3. The summed E-state index contributed by atoms with van der Waals surface area (Å²) < 4.78 is 12.8. The topological polar surface area (TPSA) is 54.9 Å². The number of aromatic nitrogens is 1. The molecule has 0 saturated carbocycles. The summed E-state index contributed by atoms with van der Waals surface area (Å²) in [7, 11) is 0. The largest absolute Gasteiger partial charge is 0.457 e. The summed E-state index contributed by atoms with van der Waals surface area (Å²) in [6, 6.07) is 20.0. The molecule has 0 bridgehead atoms. The molecule has 1 saturated heterocycles. The minimum absolute atomic E-state index is 0.0404. The van der Waals surface area contributed by atoms with Gasteiger partial charge in [0.2, 0.25) is 5.91 Å². The molecule has 1 amide bonds. The molecule has 2 aliphatic heterocycles. The van der Waals surface area contributed by atoms with E-state index in [1.54, 1.807) is 11.3 Å². The Hall–Kier alpha value is -3.26. The van der Waals surface area contributed by atoms with Crippen LogP contribution in [-0.4, -0.2) is 55.2 Å². The van der Waals surface area contributed by atoms with Crippen molar-refractivity contribution in [3.05, 3.63) is 82.9 Å². The van der Waals surface area contributed by atoms with Gasteiger partial charge in [0.25, 0.3) is 0 Å². The van der Waals surface area contributed by atoms with Crippen molar-refractivity contribution in [1.82, 2.24) is 9.88 Å². The Morgan fingerprint density at radius 3 is 2.41 bits per heavy atom. The molecular weight excluding hydrogens is 482 g/mol. The average molecular weight is 514 g/mol. The van der Waals surface area contributed by atoms with Gasteiger partial charge in [-0.3, -0.25) is 14.6 Å². The summed E-state index contributed by atoms with van der Waals surface area (Å²) in [5.41, 5.74) is 5.13. The summed E-state index contributed by atoms with van der Waals surface area (Å²) >= 11 is 1.61. The van der Waals surface area contributed by atoms with Gasteiger partial charge in [0.15, 0.2) is 5.13 Å². The lowest BCUT2D eigenvalue weighted by Gasteiger charge is -2.32. The molecule has 0 unspecified atom stereocenters. The summed E-state index contributed by atoms with van der Waals surface area (Å²) in [5.74, 6) is 1.07. The molecule has 3 heterocycles. The Morgan fingerprint density at radius 1 is 1.03 bits per heavy atom. The van der Waals surface area contributed by atoms with Gasteiger partial charge in [-0.05, 0) is 49.6 Å². The molecule has 190 valence electrons. The van der Waals surface area contributed by atoms with Crippen LogP contribution in [0.25, 0.3) is 10.2 Å². The maximum atomic E-state index is 14.5. The Morgan fingerprint density at radius 2 is 1.70 bits per heavy atom. The molecule has 0 spiro atoms. The number of para-hydroxylation sites is 2. The van der Waals surface area contributed by atoms with E-state index < -0.39 is 5.92 Å². The number of ether oxygens (including phenoxy) is 2. The highest BCUT2D eigenvalue weighted by Crippen LogP contribution is 2.45. The van der Waals surface area contributed by atoms with E-state index in [1.165, 1.54) is 11.1 Å². The molecule has 1 fully saturated rings. The predicted molar refractivity (Wildman–Crippen MR) is 148 cm³/mol. The van der Waals surface area contributed by atoms with Gasteiger partial charge < -0.3 is 9.47 Å². The number of nitrogens with zero attached hydrogens (tertiary/aromatic N) is 3. The van der Waals surface area contributed by atoms with Crippen molar-refractivity contribution in [2.24, 2.45) is 0 Å². The van der Waals surface area contributed by atoms with Gasteiger partial charge in [0, 0.05) is 37.3 Å². The fourth-order valence-electron chi connectivity index (χ4n) is 5.39. The molecule has 4 aromatic rings. The molecule has 6 nitrogen and oxygen atoms in total. The van der Waals surface area contributed by atoms with Gasteiger partial charge >= 0.3 is 0 Å². The summed E-state index contributed by atoms with van der Waals surface area (Å²) in [6.07, 6.45) is 0.867. The van der Waals surface area contributed by atoms with Gasteiger partial charge in [0.05, 0.1) is 29.3 Å². The first kappa shape index (κ1) is 24.1. The zero-order valence-corrected chi connectivity index (χ0v) is 22.1. The number of rotatable bonds is 6. The first-order valence-corrected chi connectivity index (χ1v) is 13.7. The molecule has 37 heavy (non-hydrogen) atoms. The smallest absolute Gasteiger partial charge is 0.241 e. The van der Waals surface area contributed by atoms with E-state index >= 15 is 0 Å². The first-order chi connectivity index (χ1) is 18.1. The van der Waals surface area contributed by atoms with Crippen LogP contribution in [-0.2, 0) is 9.53 Å². The van der Waals surface area contributed by atoms with Gasteiger partial charge in [-0.25, -0.2) is 4.98 Å². The molecule has 0 radical (unpaired) electrons. The Balaban J connectivity index is 1.38. The molecule has 1 aromatic heterocycles. The monoisotopic (exact) mass is 513 g/mol. The van der Waals surface area contributed by atoms with Gasteiger partial charge in [0.1, 0.15) is 11.5 Å². The Bertz CT molecular complexity index is 1400. The van der Waals surface area contributed by atoms with Gasteiger partial charge in [-0.15, -0.1) is 0 Å². The Kier molecular flexibility index (Phi) is 6.67. The zero-order valence-electron chi connectivity index (χ0n) is 21.3. The van der Waals surface area contributed by atoms with E-state index in [0.29, 0.717) is 6.54 Å². The summed E-state index contributed by atoms with van der Waals surface area (Å²) in [4.78, 5) is 23.9. The van der Waals surface area contributed by atoms with Crippen LogP contribution >= 0.6 is 11.3 Å². The van der Waals surface area contributed by atoms with E-state index in [0.717, 1.165) is 77.2 Å². The van der Waals surface area contributed by atoms with Crippen LogP contribution in [0.5, 0.6) is 11.5 Å². The SMILES string of the molecule is Cc1cc(C)c2sc(N(CCCN3CCOCC3)C(=O)C3c4ccccc4Oc4ccccc43)nc2c1. The molecule has 0 aliphatic carbocycles. The third-order valence-electron chi connectivity index (χ3n) is 7.19. The molecule has 7 heteroatoms. The average Bonchev–Trinajstić information content (AvgIpc) is 3.34. The quantitative estimate of drug-likeness (QED) is 0.321. The van der Waals surface area contributed by atoms with Crippen molar-refractivity contribution >= 4 is 32.6 Å². The minimum atomic E-state index is -0.445. The lowest BCUT2D eigenvalue weighted by atomic mass is 9.87. The highest BCUT2D eigenvalue weighted by Gasteiger charge is 2.36. The molecule has 0 atom stereocenters. The predicted octanol–water partition coefficient (Wildman–Crippen LogP) is 5.91. The van der Waals surface area contributed by atoms with E-state index in [4.69, 9.17) is 14.5 Å². The number of hydrogen-bond donors (Lipinski definition) is 0. The van der Waals surface area contributed by atoms with Crippen LogP contribution in [0.1, 0.15) is 34.6 Å². The number of morpholine rings is 1. The van der Waals surface area contributed by atoms with Crippen LogP contribution in [0.4, 0.5) is 5.13 Å². The Labute approximate surface area is 221 Å². The van der Waals surface area contributed by atoms with E-state index in [1.807, 2.05) is 53.4 Å². The highest BCUT2D eigenvalue weighted by atomic mass is 32.1. The van der Waals surface area contributed by atoms with Crippen molar-refractivity contribution in [2.75, 3.05) is 44.3 Å². The third kappa shape index (κ3) is 4.75. The third-order valence-corrected chi connectivity index (χ3v) is 8.42. The van der Waals surface area contributed by atoms with Crippen molar-refractivity contribution in [3.8, 4) is 11.5 Å². The zero-order chi connectivity index (χ0) is 25.4. The first-order valence-electron chi connectivity index (χ1n) is 12.9. The van der Waals surface area contributed by atoms with E-state index in [2.05, 4.69) is 30.9 Å². The number of aryl methyl sites for hydroxylation is 2. The van der Waals surface area contributed by atoms with Gasteiger partial charge in [-0.1, -0.05) is 53.8 Å². The summed E-state index contributed by atoms with van der Waals surface area (Å²) in [5, 5.41) is 0.761. The lowest BCUT2D eigenvalue weighted by Crippen LogP contribution is -2.40. The molecule has 0 N–H and O–H groups in total. The van der Waals surface area contributed by atoms with Crippen molar-refractivity contribution < 1.29 is 14.3 Å². The molecule has 2 aliphatic rings. The lowest BCUT2D eigenvalue weighted by molar-refractivity contribution is -0.119. The number of hydrogen-bond acceptors (Lipinski definition) is 6. The van der Waals surface area contributed by atoms with Crippen LogP contribution in [0.3, 0.4) is 0 Å².